The molecule has 0 aliphatic heterocycles. The van der Waals surface area contributed by atoms with Crippen molar-refractivity contribution in [2.24, 2.45) is 0 Å². The molecule has 0 unspecified atom stereocenters. The van der Waals surface area contributed by atoms with Gasteiger partial charge in [-0.05, 0) is 41.3 Å². The van der Waals surface area contributed by atoms with Crippen LogP contribution in [0.2, 0.25) is 5.02 Å². The molecule has 5 heteroatoms. The molecule has 0 fully saturated rings. The third-order valence-electron chi connectivity index (χ3n) is 2.76. The van der Waals surface area contributed by atoms with Gasteiger partial charge in [0, 0.05) is 5.02 Å². The van der Waals surface area contributed by atoms with Crippen molar-refractivity contribution >= 4 is 19.2 Å². The van der Waals surface area contributed by atoms with Crippen LogP contribution < -0.4 is 0 Å². The number of halogens is 1. The van der Waals surface area contributed by atoms with Crippen LogP contribution in [-0.4, -0.2) is 9.79 Å². The largest absolute Gasteiger partial charge is 0.329 e. The highest BCUT2D eigenvalue weighted by atomic mass is 35.5. The van der Waals surface area contributed by atoms with Gasteiger partial charge in [-0.2, -0.15) is 0 Å². The summed E-state index contributed by atoms with van der Waals surface area (Å²) in [6, 6.07) is 12.7. The van der Waals surface area contributed by atoms with Gasteiger partial charge in [-0.1, -0.05) is 41.9 Å². The Morgan fingerprint density at radius 3 is 2.21 bits per heavy atom. The Hall–Kier alpha value is -1.12. The predicted molar refractivity (Wildman–Crippen MR) is 77.1 cm³/mol. The minimum Gasteiger partial charge on any atom is -0.324 e. The van der Waals surface area contributed by atoms with Gasteiger partial charge in [0.25, 0.3) is 0 Å². The first-order valence-corrected chi connectivity index (χ1v) is 7.78. The van der Waals surface area contributed by atoms with Gasteiger partial charge in [0.15, 0.2) is 0 Å². The third-order valence-corrected chi connectivity index (χ3v) is 3.76. The molecule has 2 aromatic carbocycles. The van der Waals surface area contributed by atoms with Crippen molar-refractivity contribution in [2.45, 2.75) is 6.16 Å². The molecule has 99 valence electrons. The van der Waals surface area contributed by atoms with Gasteiger partial charge in [-0.25, -0.2) is 0 Å². The second-order valence-electron chi connectivity index (χ2n) is 4.31. The third kappa shape index (κ3) is 3.92. The summed E-state index contributed by atoms with van der Waals surface area (Å²) in [5, 5.41) is 0.646. The molecule has 2 rings (SSSR count). The van der Waals surface area contributed by atoms with Gasteiger partial charge in [-0.15, -0.1) is 0 Å². The first kappa shape index (κ1) is 14.3. The Bertz CT molecular complexity index is 632. The Labute approximate surface area is 117 Å². The molecular weight excluding hydrogens is 283 g/mol. The van der Waals surface area contributed by atoms with Crippen molar-refractivity contribution in [1.29, 1.82) is 0 Å². The van der Waals surface area contributed by atoms with Crippen LogP contribution in [0.4, 0.5) is 0 Å². The molecular formula is C14H13ClO3P. The van der Waals surface area contributed by atoms with E-state index in [1.54, 1.807) is 24.3 Å². The van der Waals surface area contributed by atoms with E-state index in [-0.39, 0.29) is 6.16 Å². The van der Waals surface area contributed by atoms with Crippen LogP contribution >= 0.6 is 19.2 Å². The van der Waals surface area contributed by atoms with Crippen molar-refractivity contribution in [3.8, 4) is 11.1 Å². The average molecular weight is 296 g/mol. The molecule has 0 aliphatic carbocycles. The fourth-order valence-electron chi connectivity index (χ4n) is 1.82. The molecule has 2 N–H and O–H groups in total. The Kier molecular flexibility index (Phi) is 4.12. The van der Waals surface area contributed by atoms with Gasteiger partial charge in [0.05, 0.1) is 6.16 Å². The Balaban J connectivity index is 2.41. The minimum absolute atomic E-state index is 0.298. The van der Waals surface area contributed by atoms with Gasteiger partial charge in [0.1, 0.15) is 0 Å². The quantitative estimate of drug-likeness (QED) is 0.845. The van der Waals surface area contributed by atoms with Crippen LogP contribution in [0, 0.1) is 6.92 Å². The minimum atomic E-state index is -4.09. The van der Waals surface area contributed by atoms with E-state index < -0.39 is 7.60 Å². The summed E-state index contributed by atoms with van der Waals surface area (Å²) in [4.78, 5) is 18.1. The van der Waals surface area contributed by atoms with E-state index in [4.69, 9.17) is 21.4 Å². The highest BCUT2D eigenvalue weighted by molar-refractivity contribution is 7.50. The van der Waals surface area contributed by atoms with Crippen molar-refractivity contribution in [3.63, 3.8) is 0 Å². The zero-order valence-corrected chi connectivity index (χ0v) is 11.7. The molecule has 0 amide bonds. The second-order valence-corrected chi connectivity index (χ2v) is 6.40. The summed E-state index contributed by atoms with van der Waals surface area (Å²) < 4.78 is 11.1. The molecule has 3 nitrogen and oxygen atoms in total. The van der Waals surface area contributed by atoms with Crippen molar-refractivity contribution in [3.05, 3.63) is 65.5 Å². The molecule has 0 saturated heterocycles. The van der Waals surface area contributed by atoms with E-state index in [2.05, 4.69) is 6.92 Å². The van der Waals surface area contributed by atoms with Crippen LogP contribution in [-0.2, 0) is 10.7 Å². The second kappa shape index (κ2) is 5.48. The van der Waals surface area contributed by atoms with E-state index in [9.17, 15) is 4.57 Å². The summed E-state index contributed by atoms with van der Waals surface area (Å²) in [6.07, 6.45) is -0.298. The lowest BCUT2D eigenvalue weighted by molar-refractivity contribution is 0.371. The number of rotatable bonds is 3. The van der Waals surface area contributed by atoms with Gasteiger partial charge in [0.2, 0.25) is 0 Å². The number of benzene rings is 2. The predicted octanol–water partition coefficient (Wildman–Crippen LogP) is 3.87. The van der Waals surface area contributed by atoms with Crippen molar-refractivity contribution in [2.75, 3.05) is 0 Å². The average Bonchev–Trinajstić information content (AvgIpc) is 2.31. The first-order valence-electron chi connectivity index (χ1n) is 5.60. The summed E-state index contributed by atoms with van der Waals surface area (Å²) in [5.41, 5.74) is 3.01. The maximum absolute atomic E-state index is 11.1. The number of hydrogen-bond donors (Lipinski definition) is 2. The van der Waals surface area contributed by atoms with Crippen LogP contribution in [0.1, 0.15) is 11.1 Å². The molecule has 1 radical (unpaired) electrons. The van der Waals surface area contributed by atoms with Crippen LogP contribution in [0.25, 0.3) is 11.1 Å². The maximum Gasteiger partial charge on any atom is 0.329 e. The summed E-state index contributed by atoms with van der Waals surface area (Å²) in [5.74, 6) is 0. The lowest BCUT2D eigenvalue weighted by Crippen LogP contribution is -1.92. The van der Waals surface area contributed by atoms with E-state index in [0.717, 1.165) is 11.1 Å². The van der Waals surface area contributed by atoms with Crippen LogP contribution in [0.5, 0.6) is 0 Å². The molecule has 0 heterocycles. The fraction of sp³-hybridized carbons (Fsp3) is 0.0714. The Morgan fingerprint density at radius 1 is 1.05 bits per heavy atom. The summed E-state index contributed by atoms with van der Waals surface area (Å²) in [6.45, 7) is 3.79. The summed E-state index contributed by atoms with van der Waals surface area (Å²) >= 11 is 5.83. The maximum atomic E-state index is 11.1. The lowest BCUT2D eigenvalue weighted by Gasteiger charge is -2.10. The van der Waals surface area contributed by atoms with E-state index in [1.165, 1.54) is 0 Å². The van der Waals surface area contributed by atoms with Crippen molar-refractivity contribution < 1.29 is 14.4 Å². The zero-order chi connectivity index (χ0) is 14.0. The molecule has 0 atom stereocenters. The van der Waals surface area contributed by atoms with E-state index in [0.29, 0.717) is 16.1 Å². The van der Waals surface area contributed by atoms with Gasteiger partial charge < -0.3 is 9.79 Å². The SMILES string of the molecule is [CH2]c1ccc(-c2ccc(Cl)cc2)cc1CP(=O)(O)O. The van der Waals surface area contributed by atoms with E-state index >= 15 is 0 Å². The summed E-state index contributed by atoms with van der Waals surface area (Å²) in [7, 11) is -4.09. The highest BCUT2D eigenvalue weighted by Gasteiger charge is 2.16. The molecule has 2 aromatic rings. The monoisotopic (exact) mass is 295 g/mol. The highest BCUT2D eigenvalue weighted by Crippen LogP contribution is 2.40. The van der Waals surface area contributed by atoms with Crippen LogP contribution in [0.3, 0.4) is 0 Å². The Morgan fingerprint density at radius 2 is 1.63 bits per heavy atom. The van der Waals surface area contributed by atoms with Crippen LogP contribution in [0.15, 0.2) is 42.5 Å². The van der Waals surface area contributed by atoms with Gasteiger partial charge in [-0.3, -0.25) is 4.57 Å². The first-order chi connectivity index (χ1) is 8.85. The van der Waals surface area contributed by atoms with E-state index in [1.807, 2.05) is 18.2 Å². The van der Waals surface area contributed by atoms with Gasteiger partial charge >= 0.3 is 7.60 Å². The molecule has 19 heavy (non-hydrogen) atoms. The molecule has 0 aromatic heterocycles. The molecule has 0 aliphatic rings. The van der Waals surface area contributed by atoms with Crippen molar-refractivity contribution in [1.82, 2.24) is 0 Å². The molecule has 0 spiro atoms. The lowest BCUT2D eigenvalue weighted by atomic mass is 10.0. The molecule has 0 bridgehead atoms. The fourth-order valence-corrected chi connectivity index (χ4v) is 2.68. The topological polar surface area (TPSA) is 57.5 Å². The smallest absolute Gasteiger partial charge is 0.324 e. The molecule has 0 saturated carbocycles. The standard InChI is InChI=1S/C14H13ClO3P/c1-10-2-3-12(8-13(10)9-19(16,17)18)11-4-6-14(15)7-5-11/h2-8H,1,9H2,(H2,16,17,18). The number of hydrogen-bond acceptors (Lipinski definition) is 1. The zero-order valence-electron chi connectivity index (χ0n) is 10.1. The normalized spacial score (nSPS) is 11.6.